The van der Waals surface area contributed by atoms with Gasteiger partial charge in [0, 0.05) is 12.9 Å². The number of nitrogens with zero attached hydrogens (tertiary/aromatic N) is 2. The number of amides is 2. The van der Waals surface area contributed by atoms with Crippen LogP contribution >= 0.6 is 27.7 Å². The maximum atomic E-state index is 12.8. The number of esters is 2. The van der Waals surface area contributed by atoms with Crippen molar-refractivity contribution in [2.75, 3.05) is 31.6 Å². The Kier molecular flexibility index (Phi) is 9.64. The summed E-state index contributed by atoms with van der Waals surface area (Å²) in [5.41, 5.74) is -1.07. The first-order valence-corrected chi connectivity index (χ1v) is 12.3. The van der Waals surface area contributed by atoms with E-state index in [1.165, 1.54) is 18.9 Å². The van der Waals surface area contributed by atoms with E-state index < -0.39 is 58.8 Å². The van der Waals surface area contributed by atoms with Gasteiger partial charge in [0.25, 0.3) is 11.8 Å². The molecule has 0 bridgehead atoms. The summed E-state index contributed by atoms with van der Waals surface area (Å²) in [6.45, 7) is 4.64. The Balaban J connectivity index is 2.14. The largest absolute Gasteiger partial charge is 0.509 e. The monoisotopic (exact) mass is 563 g/mol. The highest BCUT2D eigenvalue weighted by Gasteiger charge is 2.54. The molecule has 0 aromatic carbocycles. The van der Waals surface area contributed by atoms with Crippen LogP contribution in [0.25, 0.3) is 0 Å². The van der Waals surface area contributed by atoms with Gasteiger partial charge < -0.3 is 24.6 Å². The van der Waals surface area contributed by atoms with Crippen LogP contribution in [0.15, 0.2) is 27.9 Å². The molecule has 1 saturated heterocycles. The van der Waals surface area contributed by atoms with Crippen molar-refractivity contribution in [1.29, 1.82) is 0 Å². The number of β-lactam (4-membered cyclic amide) rings is 1. The Morgan fingerprint density at radius 1 is 1.32 bits per heavy atom. The van der Waals surface area contributed by atoms with Gasteiger partial charge >= 0.3 is 11.9 Å². The topological polar surface area (TPSA) is 161 Å². The third-order valence-corrected chi connectivity index (χ3v) is 7.24. The van der Waals surface area contributed by atoms with E-state index in [4.69, 9.17) is 14.2 Å². The lowest BCUT2D eigenvalue weighted by Crippen LogP contribution is -2.70. The molecule has 1 unspecified atom stereocenters. The average Bonchev–Trinajstić information content (AvgIpc) is 2.82. The fourth-order valence-electron chi connectivity index (χ4n) is 3.00. The number of nitrogens with one attached hydrogen (secondary N) is 1. The van der Waals surface area contributed by atoms with Crippen molar-refractivity contribution in [2.45, 2.75) is 38.6 Å². The van der Waals surface area contributed by atoms with Crippen LogP contribution in [0.5, 0.6) is 0 Å². The summed E-state index contributed by atoms with van der Waals surface area (Å²) < 4.78 is 15.3. The summed E-state index contributed by atoms with van der Waals surface area (Å²) in [6, 6.07) is -1.06. The van der Waals surface area contributed by atoms with Crippen LogP contribution in [0, 0.1) is 10.3 Å². The maximum Gasteiger partial charge on any atom is 0.358 e. The van der Waals surface area contributed by atoms with Crippen molar-refractivity contribution < 1.29 is 38.5 Å². The molecule has 2 aliphatic rings. The molecule has 34 heavy (non-hydrogen) atoms. The molecule has 0 radical (unpaired) electrons. The van der Waals surface area contributed by atoms with Gasteiger partial charge in [0.1, 0.15) is 22.9 Å². The summed E-state index contributed by atoms with van der Waals surface area (Å²) in [7, 11) is 1.43. The highest BCUT2D eigenvalue weighted by atomic mass is 79.9. The van der Waals surface area contributed by atoms with Gasteiger partial charge in [-0.25, -0.2) is 4.79 Å². The van der Waals surface area contributed by atoms with E-state index in [2.05, 4.69) is 26.4 Å². The molecule has 0 aromatic rings. The zero-order valence-electron chi connectivity index (χ0n) is 19.1. The van der Waals surface area contributed by atoms with Crippen LogP contribution in [-0.2, 0) is 33.4 Å². The highest BCUT2D eigenvalue weighted by Crippen LogP contribution is 2.40. The van der Waals surface area contributed by atoms with Crippen molar-refractivity contribution in [2.24, 2.45) is 10.6 Å². The summed E-state index contributed by atoms with van der Waals surface area (Å²) in [5.74, 6) is -3.36. The third-order valence-electron chi connectivity index (χ3n) is 5.37. The third kappa shape index (κ3) is 5.78. The average molecular weight is 564 g/mol. The second-order valence-electron chi connectivity index (χ2n) is 7.99. The molecule has 0 saturated carbocycles. The van der Waals surface area contributed by atoms with E-state index >= 15 is 0 Å². The Morgan fingerprint density at radius 3 is 2.56 bits per heavy atom. The Morgan fingerprint density at radius 2 is 2.00 bits per heavy atom. The number of alkyl halides is 1. The number of allylic oxidation sites excluding steroid dienone is 1. The van der Waals surface area contributed by atoms with Crippen molar-refractivity contribution in [1.82, 2.24) is 10.2 Å². The van der Waals surface area contributed by atoms with E-state index in [0.717, 1.165) is 4.90 Å². The summed E-state index contributed by atoms with van der Waals surface area (Å²) >= 11 is 4.18. The highest BCUT2D eigenvalue weighted by molar-refractivity contribution is 9.09. The predicted octanol–water partition coefficient (Wildman–Crippen LogP) is 1.70. The van der Waals surface area contributed by atoms with Crippen LogP contribution in [0.4, 0.5) is 0 Å². The molecule has 12 nitrogen and oxygen atoms in total. The number of fused-ring (bicyclic) bond motifs is 1. The van der Waals surface area contributed by atoms with Gasteiger partial charge in [0.2, 0.25) is 12.5 Å². The zero-order valence-corrected chi connectivity index (χ0v) is 21.5. The van der Waals surface area contributed by atoms with Gasteiger partial charge in [-0.3, -0.25) is 19.3 Å². The minimum Gasteiger partial charge on any atom is -0.509 e. The summed E-state index contributed by atoms with van der Waals surface area (Å²) in [6.07, 6.45) is 0.529. The molecule has 2 atom stereocenters. The molecule has 2 N–H and O–H groups in total. The van der Waals surface area contributed by atoms with Crippen molar-refractivity contribution in [3.8, 4) is 0 Å². The summed E-state index contributed by atoms with van der Waals surface area (Å²) in [4.78, 5) is 62.1. The van der Waals surface area contributed by atoms with Gasteiger partial charge in [-0.2, -0.15) is 0 Å². The maximum absolute atomic E-state index is 12.8. The molecule has 0 spiro atoms. The lowest BCUT2D eigenvalue weighted by atomic mass is 9.91. The van der Waals surface area contributed by atoms with Crippen LogP contribution < -0.4 is 5.32 Å². The van der Waals surface area contributed by atoms with Gasteiger partial charge in [0.15, 0.2) is 0 Å². The Bertz CT molecular complexity index is 934. The summed E-state index contributed by atoms with van der Waals surface area (Å²) in [5, 5.41) is 13.7. The number of aliphatic hydroxyl groups excluding tert-OH is 1. The minimum absolute atomic E-state index is 0.0503. The van der Waals surface area contributed by atoms with Crippen LogP contribution in [-0.4, -0.2) is 76.8 Å². The molecule has 14 heteroatoms. The number of aliphatic hydroxyl groups is 1. The number of carbonyl (C=O) groups excluding carboxylic acids is 4. The molecule has 2 rings (SSSR count). The molecule has 0 aromatic heterocycles. The van der Waals surface area contributed by atoms with E-state index in [9.17, 15) is 29.2 Å². The van der Waals surface area contributed by atoms with Crippen molar-refractivity contribution >= 4 is 51.4 Å². The molecule has 2 aliphatic heterocycles. The first kappa shape index (κ1) is 27.8. The molecule has 188 valence electrons. The SMILES string of the molecule is CCC(C)(C)C(=O)OCOC(=O)C1=C(COC)CS[C@H]2C(NC(=O)C(N=O)=C(O)CBr)C(=O)N12. The molecule has 0 aliphatic carbocycles. The quantitative estimate of drug-likeness (QED) is 0.0719. The van der Waals surface area contributed by atoms with Crippen molar-refractivity contribution in [3.05, 3.63) is 27.6 Å². The van der Waals surface area contributed by atoms with E-state index in [1.54, 1.807) is 13.8 Å². The second-order valence-corrected chi connectivity index (χ2v) is 9.65. The fraction of sp³-hybridized carbons (Fsp3) is 0.600. The first-order valence-electron chi connectivity index (χ1n) is 10.2. The number of hydrogen-bond acceptors (Lipinski definition) is 11. The smallest absolute Gasteiger partial charge is 0.358 e. The number of rotatable bonds is 11. The number of methoxy groups -OCH3 is 1. The number of carbonyl (C=O) groups is 4. The van der Waals surface area contributed by atoms with Crippen LogP contribution in [0.1, 0.15) is 27.2 Å². The number of thioether (sulfide) groups is 1. The second kappa shape index (κ2) is 11.8. The van der Waals surface area contributed by atoms with Crippen molar-refractivity contribution in [3.63, 3.8) is 0 Å². The van der Waals surface area contributed by atoms with Crippen LogP contribution in [0.3, 0.4) is 0 Å². The molecule has 1 fully saturated rings. The lowest BCUT2D eigenvalue weighted by molar-refractivity contribution is -0.174. The molecular weight excluding hydrogens is 538 g/mol. The number of nitroso groups, excluding NO2 is 1. The van der Waals surface area contributed by atoms with E-state index in [0.29, 0.717) is 17.7 Å². The minimum atomic E-state index is -1.06. The number of ether oxygens (including phenoxy) is 3. The van der Waals surface area contributed by atoms with Gasteiger partial charge in [-0.15, -0.1) is 16.7 Å². The lowest BCUT2D eigenvalue weighted by Gasteiger charge is -2.49. The number of halogens is 1. The van der Waals surface area contributed by atoms with Gasteiger partial charge in [0.05, 0.1) is 17.4 Å². The van der Waals surface area contributed by atoms with Gasteiger partial charge in [-0.1, -0.05) is 22.9 Å². The van der Waals surface area contributed by atoms with Crippen LogP contribution in [0.2, 0.25) is 0 Å². The fourth-order valence-corrected chi connectivity index (χ4v) is 4.59. The Labute approximate surface area is 208 Å². The zero-order chi connectivity index (χ0) is 25.6. The predicted molar refractivity (Wildman–Crippen MR) is 124 cm³/mol. The van der Waals surface area contributed by atoms with Gasteiger partial charge in [-0.05, 0) is 31.0 Å². The normalized spacial score (nSPS) is 20.6. The van der Waals surface area contributed by atoms with E-state index in [-0.39, 0.29) is 17.6 Å². The molecule has 2 heterocycles. The Hall–Kier alpha value is -2.45. The standard InChI is InChI=1S/C20H26BrN3O9S/c1-5-20(2,3)19(29)33-9-32-18(28)14-10(7-31-4)8-34-17-13(16(27)24(14)17)22-15(26)12(23-30)11(25)6-21/h13,17,25H,5-9H2,1-4H3,(H,22,26)/t13?,17-/m0/s1. The number of hydrogen-bond donors (Lipinski definition) is 2. The van der Waals surface area contributed by atoms with E-state index in [1.807, 2.05) is 6.92 Å². The molecular formula is C20H26BrN3O9S. The molecule has 2 amide bonds. The first-order chi connectivity index (χ1) is 16.0.